The second kappa shape index (κ2) is 7.81. The van der Waals surface area contributed by atoms with Crippen LogP contribution in [0.4, 0.5) is 18.9 Å². The molecule has 168 valence electrons. The van der Waals surface area contributed by atoms with E-state index in [2.05, 4.69) is 26.7 Å². The zero-order valence-electron chi connectivity index (χ0n) is 17.3. The first-order chi connectivity index (χ1) is 15.3. The summed E-state index contributed by atoms with van der Waals surface area (Å²) in [5.74, 6) is 0.358. The number of nitrogens with zero attached hydrogens (tertiary/aromatic N) is 4. The summed E-state index contributed by atoms with van der Waals surface area (Å²) in [5.41, 5.74) is 4.16. The number of benzene rings is 2. The third kappa shape index (κ3) is 3.70. The van der Waals surface area contributed by atoms with Crippen LogP contribution in [0.5, 0.6) is 0 Å². The fourth-order valence-corrected chi connectivity index (χ4v) is 4.51. The third-order valence-electron chi connectivity index (χ3n) is 6.39. The van der Waals surface area contributed by atoms with E-state index < -0.39 is 12.3 Å². The van der Waals surface area contributed by atoms with E-state index in [1.807, 2.05) is 6.07 Å². The molecule has 1 unspecified atom stereocenters. The first-order valence-corrected chi connectivity index (χ1v) is 10.6. The zero-order valence-corrected chi connectivity index (χ0v) is 17.3. The molecule has 0 amide bonds. The van der Waals surface area contributed by atoms with Crippen LogP contribution in [0.3, 0.4) is 0 Å². The molecule has 0 saturated carbocycles. The smallest absolute Gasteiger partial charge is 0.379 e. The van der Waals surface area contributed by atoms with Crippen LogP contribution in [0.1, 0.15) is 24.5 Å². The fourth-order valence-electron chi connectivity index (χ4n) is 4.51. The molecule has 2 aromatic carbocycles. The minimum atomic E-state index is -4.73. The van der Waals surface area contributed by atoms with E-state index in [1.165, 1.54) is 36.7 Å². The van der Waals surface area contributed by atoms with Crippen LogP contribution in [-0.2, 0) is 0 Å². The van der Waals surface area contributed by atoms with E-state index >= 15 is 0 Å². The number of aliphatic hydroxyl groups excluding tert-OH is 1. The van der Waals surface area contributed by atoms with Gasteiger partial charge in [0.1, 0.15) is 5.52 Å². The van der Waals surface area contributed by atoms with Gasteiger partial charge in [-0.15, -0.1) is 0 Å². The minimum Gasteiger partial charge on any atom is -0.379 e. The number of hydrogen-bond acceptors (Lipinski definition) is 6. The highest BCUT2D eigenvalue weighted by Gasteiger charge is 2.39. The molecule has 6 nitrogen and oxygen atoms in total. The summed E-state index contributed by atoms with van der Waals surface area (Å²) < 4.78 is 43.9. The molecule has 2 saturated heterocycles. The molecule has 0 aliphatic carbocycles. The van der Waals surface area contributed by atoms with E-state index in [4.69, 9.17) is 4.63 Å². The highest BCUT2D eigenvalue weighted by molar-refractivity contribution is 5.93. The van der Waals surface area contributed by atoms with Gasteiger partial charge < -0.3 is 14.9 Å². The Morgan fingerprint density at radius 2 is 1.84 bits per heavy atom. The number of fused-ring (bicyclic) bond motifs is 1. The van der Waals surface area contributed by atoms with Crippen molar-refractivity contribution in [3.05, 3.63) is 54.2 Å². The van der Waals surface area contributed by atoms with Gasteiger partial charge in [-0.1, -0.05) is 24.8 Å². The van der Waals surface area contributed by atoms with Crippen LogP contribution in [0.2, 0.25) is 0 Å². The van der Waals surface area contributed by atoms with Gasteiger partial charge in [0.25, 0.3) is 0 Å². The normalized spacial score (nSPS) is 18.2. The summed E-state index contributed by atoms with van der Waals surface area (Å²) >= 11 is 0. The fraction of sp³-hybridized carbons (Fsp3) is 0.391. The molecular weight excluding hydrogens is 421 g/mol. The zero-order chi connectivity index (χ0) is 22.5. The lowest BCUT2D eigenvalue weighted by atomic mass is 9.93. The average molecular weight is 444 g/mol. The summed E-state index contributed by atoms with van der Waals surface area (Å²) in [6.07, 6.45) is -4.86. The Balaban J connectivity index is 1.43. The van der Waals surface area contributed by atoms with E-state index in [-0.39, 0.29) is 5.56 Å². The Labute approximate surface area is 182 Å². The third-order valence-corrected chi connectivity index (χ3v) is 6.39. The largest absolute Gasteiger partial charge is 0.418 e. The number of hydrogen-bond donors (Lipinski definition) is 1. The van der Waals surface area contributed by atoms with Crippen molar-refractivity contribution in [1.29, 1.82) is 0 Å². The summed E-state index contributed by atoms with van der Waals surface area (Å²) in [4.78, 5) is 4.51. The molecule has 0 bridgehead atoms. The summed E-state index contributed by atoms with van der Waals surface area (Å²) in [7, 11) is 0. The van der Waals surface area contributed by atoms with Gasteiger partial charge in [0.2, 0.25) is 0 Å². The van der Waals surface area contributed by atoms with Crippen LogP contribution in [0, 0.1) is 5.92 Å². The molecule has 1 aromatic heterocycles. The number of anilines is 1. The van der Waals surface area contributed by atoms with Crippen LogP contribution >= 0.6 is 0 Å². The van der Waals surface area contributed by atoms with Gasteiger partial charge in [0.05, 0.1) is 5.69 Å². The molecule has 5 rings (SSSR count). The number of alkyl halides is 3. The molecule has 1 N–H and O–H groups in total. The number of aliphatic hydroxyl groups is 1. The first kappa shape index (κ1) is 20.8. The maximum Gasteiger partial charge on any atom is 0.418 e. The van der Waals surface area contributed by atoms with Gasteiger partial charge in [-0.3, -0.25) is 0 Å². The highest BCUT2D eigenvalue weighted by Crippen LogP contribution is 2.39. The summed E-state index contributed by atoms with van der Waals surface area (Å²) in [6.45, 7) is 7.97. The highest BCUT2D eigenvalue weighted by atomic mass is 19.4. The van der Waals surface area contributed by atoms with Gasteiger partial charge in [-0.2, -0.15) is 13.2 Å². The molecule has 1 atom stereocenters. The lowest BCUT2D eigenvalue weighted by Gasteiger charge is -2.44. The lowest BCUT2D eigenvalue weighted by molar-refractivity contribution is -0.206. The molecular formula is C23H23F3N4O2. The molecule has 0 radical (unpaired) electrons. The topological polar surface area (TPSA) is 65.6 Å². The molecule has 3 aromatic rings. The van der Waals surface area contributed by atoms with Crippen molar-refractivity contribution in [2.24, 2.45) is 5.92 Å². The van der Waals surface area contributed by atoms with Crippen molar-refractivity contribution >= 4 is 16.7 Å². The summed E-state index contributed by atoms with van der Waals surface area (Å²) in [5, 5.41) is 17.6. The Morgan fingerprint density at radius 1 is 1.09 bits per heavy atom. The van der Waals surface area contributed by atoms with Gasteiger partial charge in [-0.25, -0.2) is 4.63 Å². The SMILES string of the molecule is C=C(C1CN(c2cc(-c3cccc(C(O)C(F)(F)F)c3)cc3nonc23)C1)N1CCCC1. The number of halogens is 3. The molecule has 2 fully saturated rings. The quantitative estimate of drug-likeness (QED) is 0.624. The van der Waals surface area contributed by atoms with Gasteiger partial charge >= 0.3 is 6.18 Å². The summed E-state index contributed by atoms with van der Waals surface area (Å²) in [6, 6.07) is 9.45. The standard InChI is InChI=1S/C23H23F3N4O2/c1-14(29-7-2-3-8-29)18-12-30(13-18)20-11-17(10-19-21(20)28-32-27-19)15-5-4-6-16(9-15)22(31)23(24,25)26/h4-6,9-11,18,22,31H,1-3,7-8,12-13H2. The Kier molecular flexibility index (Phi) is 5.08. The van der Waals surface area contributed by atoms with Gasteiger partial charge in [-0.05, 0) is 58.0 Å². The molecule has 2 aliphatic heterocycles. The molecule has 32 heavy (non-hydrogen) atoms. The molecule has 0 spiro atoms. The molecule has 3 heterocycles. The second-order valence-electron chi connectivity index (χ2n) is 8.48. The maximum atomic E-state index is 13.0. The number of likely N-dealkylation sites (tertiary alicyclic amines) is 1. The van der Waals surface area contributed by atoms with Gasteiger partial charge in [0.15, 0.2) is 11.6 Å². The van der Waals surface area contributed by atoms with Crippen molar-refractivity contribution in [2.75, 3.05) is 31.1 Å². The van der Waals surface area contributed by atoms with Crippen LogP contribution < -0.4 is 4.90 Å². The van der Waals surface area contributed by atoms with Crippen molar-refractivity contribution in [1.82, 2.24) is 15.2 Å². The predicted molar refractivity (Wildman–Crippen MR) is 114 cm³/mol. The monoisotopic (exact) mass is 444 g/mol. The van der Waals surface area contributed by atoms with E-state index in [1.54, 1.807) is 12.1 Å². The maximum absolute atomic E-state index is 13.0. The van der Waals surface area contributed by atoms with Crippen molar-refractivity contribution in [3.63, 3.8) is 0 Å². The first-order valence-electron chi connectivity index (χ1n) is 10.6. The van der Waals surface area contributed by atoms with Crippen molar-refractivity contribution in [3.8, 4) is 11.1 Å². The Morgan fingerprint density at radius 3 is 2.56 bits per heavy atom. The van der Waals surface area contributed by atoms with Gasteiger partial charge in [0, 0.05) is 37.8 Å². The Bertz CT molecular complexity index is 1150. The van der Waals surface area contributed by atoms with E-state index in [9.17, 15) is 18.3 Å². The van der Waals surface area contributed by atoms with Crippen LogP contribution in [0.15, 0.2) is 53.3 Å². The molecule has 2 aliphatic rings. The van der Waals surface area contributed by atoms with Crippen molar-refractivity contribution in [2.45, 2.75) is 25.1 Å². The van der Waals surface area contributed by atoms with E-state index in [0.717, 1.165) is 31.9 Å². The average Bonchev–Trinajstić information content (AvgIpc) is 3.43. The molecule has 9 heteroatoms. The Hall–Kier alpha value is -3.07. The number of rotatable bonds is 5. The number of aromatic nitrogens is 2. The van der Waals surface area contributed by atoms with E-state index in [0.29, 0.717) is 28.1 Å². The predicted octanol–water partition coefficient (Wildman–Crippen LogP) is 4.53. The minimum absolute atomic E-state index is 0.208. The van der Waals surface area contributed by atoms with Crippen LogP contribution in [-0.4, -0.2) is 52.7 Å². The second-order valence-corrected chi connectivity index (χ2v) is 8.48. The van der Waals surface area contributed by atoms with Crippen LogP contribution in [0.25, 0.3) is 22.2 Å². The lowest BCUT2D eigenvalue weighted by Crippen LogP contribution is -2.50. The van der Waals surface area contributed by atoms with Crippen molar-refractivity contribution < 1.29 is 22.9 Å².